The predicted molar refractivity (Wildman–Crippen MR) is 316 cm³/mol. The van der Waals surface area contributed by atoms with Gasteiger partial charge in [-0.25, -0.2) is 0 Å². The van der Waals surface area contributed by atoms with Crippen molar-refractivity contribution in [3.8, 4) is 0 Å². The van der Waals surface area contributed by atoms with Crippen LogP contribution in [0.1, 0.15) is 367 Å². The van der Waals surface area contributed by atoms with Crippen molar-refractivity contribution in [1.29, 1.82) is 0 Å². The Morgan fingerprint density at radius 1 is 0.260 bits per heavy atom. The molecule has 0 radical (unpaired) electrons. The van der Waals surface area contributed by atoms with Gasteiger partial charge in [0.1, 0.15) is 13.2 Å². The molecule has 0 aromatic carbocycles. The molecule has 6 nitrogen and oxygen atoms in total. The average Bonchev–Trinajstić information content (AvgIpc) is 3.39. The molecule has 0 saturated heterocycles. The van der Waals surface area contributed by atoms with Crippen molar-refractivity contribution in [2.45, 2.75) is 374 Å². The average molecular weight is 1030 g/mol. The molecular weight excluding hydrogens is 901 g/mol. The number of hydrogen-bond acceptors (Lipinski definition) is 6. The van der Waals surface area contributed by atoms with Gasteiger partial charge in [0.2, 0.25) is 0 Å². The van der Waals surface area contributed by atoms with Crippen molar-refractivity contribution in [3.05, 3.63) is 24.3 Å². The van der Waals surface area contributed by atoms with Crippen molar-refractivity contribution in [1.82, 2.24) is 0 Å². The summed E-state index contributed by atoms with van der Waals surface area (Å²) in [4.78, 5) is 38.2. The molecule has 0 aromatic rings. The summed E-state index contributed by atoms with van der Waals surface area (Å²) in [7, 11) is 0. The summed E-state index contributed by atoms with van der Waals surface area (Å²) >= 11 is 0. The van der Waals surface area contributed by atoms with E-state index in [0.717, 1.165) is 70.6 Å². The number of allylic oxidation sites excluding steroid dienone is 4. The van der Waals surface area contributed by atoms with Gasteiger partial charge in [0.25, 0.3) is 0 Å². The van der Waals surface area contributed by atoms with Crippen LogP contribution in [0.5, 0.6) is 0 Å². The van der Waals surface area contributed by atoms with E-state index >= 15 is 0 Å². The molecule has 0 fully saturated rings. The van der Waals surface area contributed by atoms with E-state index in [2.05, 4.69) is 45.1 Å². The van der Waals surface area contributed by atoms with Crippen LogP contribution >= 0.6 is 0 Å². The van der Waals surface area contributed by atoms with E-state index in [1.165, 1.54) is 257 Å². The predicted octanol–water partition coefficient (Wildman–Crippen LogP) is 22.2. The Morgan fingerprint density at radius 3 is 0.740 bits per heavy atom. The lowest BCUT2D eigenvalue weighted by molar-refractivity contribution is -0.167. The fourth-order valence-corrected chi connectivity index (χ4v) is 9.97. The van der Waals surface area contributed by atoms with Crippen LogP contribution < -0.4 is 0 Å². The molecule has 73 heavy (non-hydrogen) atoms. The van der Waals surface area contributed by atoms with Gasteiger partial charge in [0, 0.05) is 19.3 Å². The third-order valence-corrected chi connectivity index (χ3v) is 14.9. The van der Waals surface area contributed by atoms with Gasteiger partial charge in [-0.15, -0.1) is 0 Å². The highest BCUT2D eigenvalue weighted by Gasteiger charge is 2.19. The number of carbonyl (C=O) groups is 3. The lowest BCUT2D eigenvalue weighted by Crippen LogP contribution is -2.30. The lowest BCUT2D eigenvalue weighted by Gasteiger charge is -2.18. The zero-order valence-corrected chi connectivity index (χ0v) is 49.4. The lowest BCUT2D eigenvalue weighted by atomic mass is 10.0. The first-order valence-corrected chi connectivity index (χ1v) is 32.8. The van der Waals surface area contributed by atoms with Crippen LogP contribution in [0.2, 0.25) is 0 Å². The topological polar surface area (TPSA) is 78.9 Å². The first-order chi connectivity index (χ1) is 36.0. The standard InChI is InChI=1S/C67H126O6/c1-4-7-10-13-16-19-22-24-26-28-30-32-33-34-36-37-39-41-43-45-48-51-54-57-60-66(69)72-63-64(62-71-65(68)59-56-53-50-47-21-18-15-12-9-6-3)73-67(70)61-58-55-52-49-46-44-42-40-38-35-31-29-27-25-23-20-17-14-11-8-5-2/h12,15,29,31,64H,4-11,13-14,16-28,30,32-63H2,1-3H3/b15-12-,31-29-. The van der Waals surface area contributed by atoms with Gasteiger partial charge >= 0.3 is 17.9 Å². The molecule has 1 unspecified atom stereocenters. The Morgan fingerprint density at radius 2 is 0.479 bits per heavy atom. The molecule has 0 aliphatic carbocycles. The summed E-state index contributed by atoms with van der Waals surface area (Å²) in [6.07, 6.45) is 74.9. The molecule has 0 saturated carbocycles. The first-order valence-electron chi connectivity index (χ1n) is 32.8. The maximum atomic E-state index is 12.9. The Hall–Kier alpha value is -2.11. The monoisotopic (exact) mass is 1030 g/mol. The van der Waals surface area contributed by atoms with Gasteiger partial charge in [-0.2, -0.15) is 0 Å². The zero-order valence-electron chi connectivity index (χ0n) is 49.4. The molecule has 0 spiro atoms. The molecule has 1 atom stereocenters. The third-order valence-electron chi connectivity index (χ3n) is 14.9. The maximum absolute atomic E-state index is 12.9. The molecule has 0 aliphatic rings. The molecule has 0 amide bonds. The van der Waals surface area contributed by atoms with Crippen molar-refractivity contribution < 1.29 is 28.6 Å². The zero-order chi connectivity index (χ0) is 52.9. The number of ether oxygens (including phenoxy) is 3. The minimum atomic E-state index is -0.772. The van der Waals surface area contributed by atoms with E-state index in [0.29, 0.717) is 19.3 Å². The van der Waals surface area contributed by atoms with E-state index in [1.54, 1.807) is 0 Å². The van der Waals surface area contributed by atoms with Crippen LogP contribution in [0, 0.1) is 0 Å². The van der Waals surface area contributed by atoms with Crippen molar-refractivity contribution in [2.24, 2.45) is 0 Å². The normalized spacial score (nSPS) is 12.1. The molecule has 0 rings (SSSR count). The van der Waals surface area contributed by atoms with Crippen LogP contribution in [0.3, 0.4) is 0 Å². The number of unbranched alkanes of at least 4 members (excludes halogenated alkanes) is 46. The fraction of sp³-hybridized carbons (Fsp3) is 0.896. The van der Waals surface area contributed by atoms with Crippen molar-refractivity contribution in [3.63, 3.8) is 0 Å². The summed E-state index contributed by atoms with van der Waals surface area (Å²) in [5.74, 6) is -0.858. The molecule has 0 heterocycles. The van der Waals surface area contributed by atoms with Gasteiger partial charge in [-0.1, -0.05) is 308 Å². The summed E-state index contributed by atoms with van der Waals surface area (Å²) in [5.41, 5.74) is 0. The van der Waals surface area contributed by atoms with Crippen LogP contribution in [0.4, 0.5) is 0 Å². The summed E-state index contributed by atoms with van der Waals surface area (Å²) < 4.78 is 16.9. The highest BCUT2D eigenvalue weighted by Crippen LogP contribution is 2.18. The van der Waals surface area contributed by atoms with E-state index in [9.17, 15) is 14.4 Å². The number of rotatable bonds is 61. The second-order valence-electron chi connectivity index (χ2n) is 22.4. The molecule has 0 aromatic heterocycles. The Balaban J connectivity index is 4.17. The molecular formula is C67H126O6. The summed E-state index contributed by atoms with van der Waals surface area (Å²) in [6.45, 7) is 6.64. The molecule has 6 heteroatoms. The number of hydrogen-bond donors (Lipinski definition) is 0. The summed E-state index contributed by atoms with van der Waals surface area (Å²) in [5, 5.41) is 0. The van der Waals surface area contributed by atoms with Crippen LogP contribution in [-0.4, -0.2) is 37.2 Å². The van der Waals surface area contributed by atoms with Gasteiger partial charge in [-0.3, -0.25) is 14.4 Å². The second kappa shape index (κ2) is 62.4. The Bertz CT molecular complexity index is 1180. The SMILES string of the molecule is CCC/C=C\CCCCCCCC(=O)OCC(COC(=O)CCCCCCCCCCCCCCCCCCCCCCCCCC)OC(=O)CCCCCCCCCCC/C=C\CCCCCCCCCC. The van der Waals surface area contributed by atoms with Gasteiger partial charge in [0.15, 0.2) is 6.10 Å². The maximum Gasteiger partial charge on any atom is 0.306 e. The third kappa shape index (κ3) is 60.6. The van der Waals surface area contributed by atoms with Crippen LogP contribution in [0.25, 0.3) is 0 Å². The Labute approximate surface area is 455 Å². The number of esters is 3. The second-order valence-corrected chi connectivity index (χ2v) is 22.4. The van der Waals surface area contributed by atoms with Gasteiger partial charge < -0.3 is 14.2 Å². The van der Waals surface area contributed by atoms with Gasteiger partial charge in [-0.05, 0) is 64.2 Å². The van der Waals surface area contributed by atoms with E-state index in [-0.39, 0.29) is 31.1 Å². The van der Waals surface area contributed by atoms with E-state index in [4.69, 9.17) is 14.2 Å². The highest BCUT2D eigenvalue weighted by atomic mass is 16.6. The van der Waals surface area contributed by atoms with Crippen LogP contribution in [0.15, 0.2) is 24.3 Å². The number of carbonyl (C=O) groups excluding carboxylic acids is 3. The largest absolute Gasteiger partial charge is 0.462 e. The fourth-order valence-electron chi connectivity index (χ4n) is 9.97. The van der Waals surface area contributed by atoms with E-state index in [1.807, 2.05) is 0 Å². The molecule has 0 aliphatic heterocycles. The Kier molecular flexibility index (Phi) is 60.6. The van der Waals surface area contributed by atoms with Gasteiger partial charge in [0.05, 0.1) is 0 Å². The quantitative estimate of drug-likeness (QED) is 0.0261. The minimum absolute atomic E-state index is 0.0699. The molecule has 0 N–H and O–H groups in total. The van der Waals surface area contributed by atoms with E-state index < -0.39 is 6.10 Å². The van der Waals surface area contributed by atoms with Crippen molar-refractivity contribution >= 4 is 17.9 Å². The highest BCUT2D eigenvalue weighted by molar-refractivity contribution is 5.71. The smallest absolute Gasteiger partial charge is 0.306 e. The summed E-state index contributed by atoms with van der Waals surface area (Å²) in [6, 6.07) is 0. The minimum Gasteiger partial charge on any atom is -0.462 e. The molecule has 430 valence electrons. The first kappa shape index (κ1) is 70.9. The molecule has 0 bridgehead atoms. The van der Waals surface area contributed by atoms with Crippen LogP contribution in [-0.2, 0) is 28.6 Å². The van der Waals surface area contributed by atoms with Crippen molar-refractivity contribution in [2.75, 3.05) is 13.2 Å².